The third-order valence-electron chi connectivity index (χ3n) is 5.27. The highest BCUT2D eigenvalue weighted by Crippen LogP contribution is 2.73. The van der Waals surface area contributed by atoms with E-state index < -0.39 is 0 Å². The molecular formula is C19H24. The molecule has 0 bridgehead atoms. The number of unbranched alkanes of at least 4 members (excludes halogenated alkanes) is 1. The minimum Gasteiger partial charge on any atom is -0.0905 e. The van der Waals surface area contributed by atoms with Crippen molar-refractivity contribution in [3.8, 4) is 11.8 Å². The molecule has 0 amide bonds. The first kappa shape index (κ1) is 12.8. The van der Waals surface area contributed by atoms with Crippen molar-refractivity contribution >= 4 is 0 Å². The Labute approximate surface area is 117 Å². The zero-order chi connectivity index (χ0) is 13.2. The second-order valence-corrected chi connectivity index (χ2v) is 6.47. The molecule has 19 heavy (non-hydrogen) atoms. The minimum absolute atomic E-state index is 0.370. The van der Waals surface area contributed by atoms with Crippen LogP contribution >= 0.6 is 0 Å². The van der Waals surface area contributed by atoms with Crippen molar-refractivity contribution in [3.05, 3.63) is 35.9 Å². The van der Waals surface area contributed by atoms with Crippen LogP contribution in [0.25, 0.3) is 0 Å². The van der Waals surface area contributed by atoms with E-state index in [1.165, 1.54) is 56.9 Å². The first-order valence-corrected chi connectivity index (χ1v) is 7.89. The summed E-state index contributed by atoms with van der Waals surface area (Å²) in [6, 6.07) is 10.5. The lowest BCUT2D eigenvalue weighted by atomic mass is 9.87. The van der Waals surface area contributed by atoms with E-state index in [0.717, 1.165) is 0 Å². The van der Waals surface area contributed by atoms with Crippen LogP contribution < -0.4 is 0 Å². The standard InChI is InChI=1S/C19H24/c1-2-3-12-19(16-18(19)13-7-8-14-18)15-11-17-9-5-4-6-10-17/h4-6,9-10H,2-3,7-8,12-14,16H2,1H3. The highest BCUT2D eigenvalue weighted by Gasteiger charge is 2.66. The van der Waals surface area contributed by atoms with Crippen LogP contribution in [0.2, 0.25) is 0 Å². The Morgan fingerprint density at radius 2 is 1.84 bits per heavy atom. The number of hydrogen-bond acceptors (Lipinski definition) is 0. The van der Waals surface area contributed by atoms with E-state index in [1.807, 2.05) is 0 Å². The molecule has 3 rings (SSSR count). The molecule has 0 N–H and O–H groups in total. The average molecular weight is 252 g/mol. The molecule has 2 fully saturated rings. The summed E-state index contributed by atoms with van der Waals surface area (Å²) in [7, 11) is 0. The number of benzene rings is 1. The van der Waals surface area contributed by atoms with Gasteiger partial charge < -0.3 is 0 Å². The molecule has 1 spiro atoms. The van der Waals surface area contributed by atoms with Gasteiger partial charge in [-0.25, -0.2) is 0 Å². The SMILES string of the molecule is CCCCC1(C#Cc2ccccc2)CC12CCCC2. The van der Waals surface area contributed by atoms with Crippen LogP contribution in [0.5, 0.6) is 0 Å². The Morgan fingerprint density at radius 3 is 2.53 bits per heavy atom. The van der Waals surface area contributed by atoms with E-state index in [9.17, 15) is 0 Å². The normalized spacial score (nSPS) is 27.0. The molecule has 0 heterocycles. The summed E-state index contributed by atoms with van der Waals surface area (Å²) in [5.41, 5.74) is 2.16. The largest absolute Gasteiger partial charge is 0.0905 e. The third kappa shape index (κ3) is 2.32. The van der Waals surface area contributed by atoms with Gasteiger partial charge in [-0.05, 0) is 43.2 Å². The predicted octanol–water partition coefficient (Wildman–Crippen LogP) is 5.18. The fraction of sp³-hybridized carbons (Fsp3) is 0.579. The summed E-state index contributed by atoms with van der Waals surface area (Å²) < 4.78 is 0. The van der Waals surface area contributed by atoms with Gasteiger partial charge in [-0.15, -0.1) is 0 Å². The predicted molar refractivity (Wildman–Crippen MR) is 80.8 cm³/mol. The maximum atomic E-state index is 3.70. The van der Waals surface area contributed by atoms with Crippen LogP contribution in [0, 0.1) is 22.7 Å². The molecule has 2 saturated carbocycles. The van der Waals surface area contributed by atoms with Crippen molar-refractivity contribution < 1.29 is 0 Å². The van der Waals surface area contributed by atoms with Gasteiger partial charge in [0.05, 0.1) is 0 Å². The molecule has 1 aromatic rings. The van der Waals surface area contributed by atoms with Crippen molar-refractivity contribution in [1.82, 2.24) is 0 Å². The average Bonchev–Trinajstić information content (AvgIpc) is 2.80. The monoisotopic (exact) mass is 252 g/mol. The lowest BCUT2D eigenvalue weighted by molar-refractivity contribution is 0.384. The molecule has 2 aliphatic carbocycles. The van der Waals surface area contributed by atoms with E-state index in [-0.39, 0.29) is 0 Å². The van der Waals surface area contributed by atoms with E-state index in [0.29, 0.717) is 10.8 Å². The topological polar surface area (TPSA) is 0 Å². The Balaban J connectivity index is 1.80. The molecule has 0 saturated heterocycles. The molecule has 0 radical (unpaired) electrons. The zero-order valence-corrected chi connectivity index (χ0v) is 12.0. The lowest BCUT2D eigenvalue weighted by Crippen LogP contribution is -2.09. The Morgan fingerprint density at radius 1 is 1.11 bits per heavy atom. The highest BCUT2D eigenvalue weighted by molar-refractivity contribution is 5.40. The fourth-order valence-electron chi connectivity index (χ4n) is 4.03. The molecule has 100 valence electrons. The second kappa shape index (κ2) is 5.04. The second-order valence-electron chi connectivity index (χ2n) is 6.47. The quantitative estimate of drug-likeness (QED) is 0.650. The summed E-state index contributed by atoms with van der Waals surface area (Å²) in [5.74, 6) is 7.16. The summed E-state index contributed by atoms with van der Waals surface area (Å²) in [4.78, 5) is 0. The Kier molecular flexibility index (Phi) is 3.40. The first-order chi connectivity index (χ1) is 9.30. The summed E-state index contributed by atoms with van der Waals surface area (Å²) in [6.45, 7) is 2.29. The van der Waals surface area contributed by atoms with Crippen molar-refractivity contribution in [2.45, 2.75) is 58.3 Å². The first-order valence-electron chi connectivity index (χ1n) is 7.89. The minimum atomic E-state index is 0.370. The van der Waals surface area contributed by atoms with Crippen LogP contribution in [-0.2, 0) is 0 Å². The zero-order valence-electron chi connectivity index (χ0n) is 12.0. The summed E-state index contributed by atoms with van der Waals surface area (Å²) in [6.07, 6.45) is 11.1. The molecule has 0 nitrogen and oxygen atoms in total. The van der Waals surface area contributed by atoms with Gasteiger partial charge in [0.2, 0.25) is 0 Å². The van der Waals surface area contributed by atoms with Crippen LogP contribution in [0.15, 0.2) is 30.3 Å². The molecule has 1 aromatic carbocycles. The van der Waals surface area contributed by atoms with Gasteiger partial charge >= 0.3 is 0 Å². The smallest absolute Gasteiger partial charge is 0.0381 e. The van der Waals surface area contributed by atoms with Crippen molar-refractivity contribution in [2.24, 2.45) is 10.8 Å². The number of rotatable bonds is 3. The van der Waals surface area contributed by atoms with Gasteiger partial charge in [0.15, 0.2) is 0 Å². The molecule has 0 aromatic heterocycles. The van der Waals surface area contributed by atoms with Gasteiger partial charge in [-0.2, -0.15) is 0 Å². The van der Waals surface area contributed by atoms with Crippen molar-refractivity contribution in [3.63, 3.8) is 0 Å². The highest BCUT2D eigenvalue weighted by atomic mass is 14.7. The van der Waals surface area contributed by atoms with Gasteiger partial charge in [0.1, 0.15) is 0 Å². The van der Waals surface area contributed by atoms with Crippen LogP contribution in [0.1, 0.15) is 63.9 Å². The van der Waals surface area contributed by atoms with Gasteiger partial charge in [0.25, 0.3) is 0 Å². The van der Waals surface area contributed by atoms with E-state index in [4.69, 9.17) is 0 Å². The summed E-state index contributed by atoms with van der Waals surface area (Å²) in [5, 5.41) is 0. The molecule has 2 aliphatic rings. The lowest BCUT2D eigenvalue weighted by Gasteiger charge is -2.16. The van der Waals surface area contributed by atoms with Crippen molar-refractivity contribution in [2.75, 3.05) is 0 Å². The molecule has 0 heteroatoms. The van der Waals surface area contributed by atoms with E-state index in [2.05, 4.69) is 49.1 Å². The molecule has 0 aliphatic heterocycles. The Bertz CT molecular complexity index is 482. The van der Waals surface area contributed by atoms with Gasteiger partial charge in [-0.3, -0.25) is 0 Å². The van der Waals surface area contributed by atoms with Crippen LogP contribution in [0.4, 0.5) is 0 Å². The maximum Gasteiger partial charge on any atom is 0.0381 e. The van der Waals surface area contributed by atoms with Gasteiger partial charge in [0, 0.05) is 11.0 Å². The van der Waals surface area contributed by atoms with Crippen molar-refractivity contribution in [1.29, 1.82) is 0 Å². The fourth-order valence-corrected chi connectivity index (χ4v) is 4.03. The van der Waals surface area contributed by atoms with Gasteiger partial charge in [-0.1, -0.05) is 62.6 Å². The molecule has 1 atom stereocenters. The van der Waals surface area contributed by atoms with Crippen LogP contribution in [-0.4, -0.2) is 0 Å². The van der Waals surface area contributed by atoms with E-state index >= 15 is 0 Å². The number of hydrogen-bond donors (Lipinski definition) is 0. The Hall–Kier alpha value is -1.22. The van der Waals surface area contributed by atoms with Crippen LogP contribution in [0.3, 0.4) is 0 Å². The molecule has 1 unspecified atom stereocenters. The third-order valence-corrected chi connectivity index (χ3v) is 5.27. The molecular weight excluding hydrogens is 228 g/mol. The van der Waals surface area contributed by atoms with E-state index in [1.54, 1.807) is 0 Å². The maximum absolute atomic E-state index is 3.70. The summed E-state index contributed by atoms with van der Waals surface area (Å²) >= 11 is 0.